The van der Waals surface area contributed by atoms with Crippen molar-refractivity contribution in [3.05, 3.63) is 96.1 Å². The number of imide groups is 1. The summed E-state index contributed by atoms with van der Waals surface area (Å²) in [5.41, 5.74) is 2.08. The number of hydrogen-bond acceptors (Lipinski definition) is 7. The molecular weight excluding hydrogens is 544 g/mol. The van der Waals surface area contributed by atoms with Crippen molar-refractivity contribution in [1.82, 2.24) is 9.80 Å². The number of hydrogen-bond donors (Lipinski definition) is 2. The van der Waals surface area contributed by atoms with Gasteiger partial charge in [-0.15, -0.1) is 0 Å². The maximum Gasteiger partial charge on any atom is 0.233 e. The van der Waals surface area contributed by atoms with Gasteiger partial charge >= 0.3 is 0 Å². The molecule has 43 heavy (non-hydrogen) atoms. The third-order valence-corrected chi connectivity index (χ3v) is 10.0. The van der Waals surface area contributed by atoms with Crippen LogP contribution in [-0.4, -0.2) is 63.4 Å². The molecule has 8 nitrogen and oxygen atoms in total. The van der Waals surface area contributed by atoms with Gasteiger partial charge < -0.3 is 19.7 Å². The number of ether oxygens (including phenoxy) is 2. The number of phenols is 1. The van der Waals surface area contributed by atoms with Crippen LogP contribution in [0.1, 0.15) is 42.9 Å². The fourth-order valence-corrected chi connectivity index (χ4v) is 7.85. The van der Waals surface area contributed by atoms with Crippen LogP contribution in [0, 0.1) is 23.7 Å². The summed E-state index contributed by atoms with van der Waals surface area (Å²) in [4.78, 5) is 32.1. The van der Waals surface area contributed by atoms with Gasteiger partial charge in [0.25, 0.3) is 0 Å². The predicted octanol–water partition coefficient (Wildman–Crippen LogP) is 4.52. The van der Waals surface area contributed by atoms with Gasteiger partial charge in [0.05, 0.1) is 24.5 Å². The highest BCUT2D eigenvalue weighted by atomic mass is 16.6. The summed E-state index contributed by atoms with van der Waals surface area (Å²) in [6.07, 6.45) is 1.75. The number of aliphatic hydroxyl groups is 1. The number of likely N-dealkylation sites (tertiary alicyclic amines) is 2. The van der Waals surface area contributed by atoms with Gasteiger partial charge in [-0.2, -0.15) is 0 Å². The molecular formula is C35H38N2O6. The van der Waals surface area contributed by atoms with E-state index in [4.69, 9.17) is 9.47 Å². The molecule has 0 radical (unpaired) electrons. The van der Waals surface area contributed by atoms with E-state index < -0.39 is 35.6 Å². The van der Waals surface area contributed by atoms with Crippen molar-refractivity contribution in [3.8, 4) is 11.5 Å². The SMILES string of the molecule is O=C1[C@H]2[C@H](C[C@H](COc3ccccc3)[C@@]3(O)O[C@H](c4ccc(O)cc4)C[C@@H]23)C(=O)N1C1CCN(Cc2ccccc2)CC1. The molecule has 8 heteroatoms. The Labute approximate surface area is 251 Å². The van der Waals surface area contributed by atoms with Gasteiger partial charge in [0.1, 0.15) is 11.5 Å². The Bertz CT molecular complexity index is 1440. The van der Waals surface area contributed by atoms with Gasteiger partial charge in [-0.3, -0.25) is 19.4 Å². The summed E-state index contributed by atoms with van der Waals surface area (Å²) in [5, 5.41) is 22.0. The van der Waals surface area contributed by atoms with Crippen molar-refractivity contribution >= 4 is 11.8 Å². The van der Waals surface area contributed by atoms with Crippen molar-refractivity contribution in [2.75, 3.05) is 19.7 Å². The Hall–Kier alpha value is -3.72. The van der Waals surface area contributed by atoms with E-state index in [2.05, 4.69) is 17.0 Å². The number of nitrogens with zero attached hydrogens (tertiary/aromatic N) is 2. The van der Waals surface area contributed by atoms with Crippen LogP contribution in [0.25, 0.3) is 0 Å². The molecule has 224 valence electrons. The van der Waals surface area contributed by atoms with Crippen LogP contribution in [0.5, 0.6) is 11.5 Å². The normalized spacial score (nSPS) is 31.2. The third kappa shape index (κ3) is 5.22. The highest BCUT2D eigenvalue weighted by Crippen LogP contribution is 2.58. The molecule has 0 spiro atoms. The molecule has 3 saturated heterocycles. The quantitative estimate of drug-likeness (QED) is 0.395. The molecule has 3 heterocycles. The van der Waals surface area contributed by atoms with Gasteiger partial charge in [0, 0.05) is 37.5 Å². The van der Waals surface area contributed by atoms with Crippen LogP contribution in [-0.2, 0) is 20.9 Å². The van der Waals surface area contributed by atoms with E-state index in [0.29, 0.717) is 18.6 Å². The first kappa shape index (κ1) is 28.1. The highest BCUT2D eigenvalue weighted by molar-refractivity contribution is 6.06. The third-order valence-electron chi connectivity index (χ3n) is 10.0. The van der Waals surface area contributed by atoms with E-state index >= 15 is 0 Å². The monoisotopic (exact) mass is 582 g/mol. The minimum Gasteiger partial charge on any atom is -0.508 e. The number of aromatic hydroxyl groups is 1. The molecule has 0 unspecified atom stereocenters. The number of benzene rings is 3. The fraction of sp³-hybridized carbons (Fsp3) is 0.429. The number of para-hydroxylation sites is 1. The zero-order chi connectivity index (χ0) is 29.6. The molecule has 3 aromatic carbocycles. The number of carbonyl (C=O) groups excluding carboxylic acids is 2. The average Bonchev–Trinajstić information content (AvgIpc) is 3.51. The molecule has 7 rings (SSSR count). The molecule has 4 aliphatic rings. The largest absolute Gasteiger partial charge is 0.508 e. The van der Waals surface area contributed by atoms with Gasteiger partial charge in [-0.05, 0) is 61.1 Å². The topological polar surface area (TPSA) is 99.5 Å². The van der Waals surface area contributed by atoms with E-state index in [1.54, 1.807) is 29.2 Å². The van der Waals surface area contributed by atoms with Gasteiger partial charge in [0.2, 0.25) is 11.8 Å². The molecule has 1 saturated carbocycles. The van der Waals surface area contributed by atoms with E-state index in [9.17, 15) is 19.8 Å². The van der Waals surface area contributed by atoms with Crippen LogP contribution in [0.2, 0.25) is 0 Å². The van der Waals surface area contributed by atoms with Crippen LogP contribution in [0.15, 0.2) is 84.9 Å². The molecule has 4 fully saturated rings. The number of piperidine rings is 1. The number of phenolic OH excluding ortho intramolecular Hbond substituents is 1. The molecule has 1 aliphatic carbocycles. The van der Waals surface area contributed by atoms with Gasteiger partial charge in [-0.1, -0.05) is 60.7 Å². The first-order valence-corrected chi connectivity index (χ1v) is 15.4. The summed E-state index contributed by atoms with van der Waals surface area (Å²) in [6.45, 7) is 2.66. The zero-order valence-electron chi connectivity index (χ0n) is 24.1. The van der Waals surface area contributed by atoms with E-state index in [1.165, 1.54) is 5.56 Å². The molecule has 2 N–H and O–H groups in total. The minimum atomic E-state index is -1.62. The maximum absolute atomic E-state index is 14.1. The lowest BCUT2D eigenvalue weighted by Crippen LogP contribution is -2.55. The Morgan fingerprint density at radius 2 is 1.53 bits per heavy atom. The Balaban J connectivity index is 1.12. The average molecular weight is 583 g/mol. The second kappa shape index (κ2) is 11.4. The fourth-order valence-electron chi connectivity index (χ4n) is 7.85. The Morgan fingerprint density at radius 1 is 0.860 bits per heavy atom. The standard InChI is InChI=1S/C35H38N2O6/c38-27-13-11-24(12-14-27)31-20-30-32-29(19-25(35(30,41)43-31)22-42-28-9-5-2-6-10-28)33(39)37(34(32)40)26-15-17-36(18-16-26)21-23-7-3-1-4-8-23/h1-14,25-26,29-32,38,41H,15-22H2/t25-,29+,30+,31+,32+,35-/m1/s1. The van der Waals surface area contributed by atoms with Crippen molar-refractivity contribution in [2.24, 2.45) is 23.7 Å². The Morgan fingerprint density at radius 3 is 2.23 bits per heavy atom. The lowest BCUT2D eigenvalue weighted by atomic mass is 9.64. The smallest absolute Gasteiger partial charge is 0.233 e. The van der Waals surface area contributed by atoms with Crippen LogP contribution >= 0.6 is 0 Å². The second-order valence-corrected chi connectivity index (χ2v) is 12.5. The van der Waals surface area contributed by atoms with Crippen LogP contribution in [0.3, 0.4) is 0 Å². The molecule has 2 amide bonds. The van der Waals surface area contributed by atoms with Crippen molar-refractivity contribution in [2.45, 2.75) is 50.2 Å². The van der Waals surface area contributed by atoms with E-state index in [-0.39, 0.29) is 30.2 Å². The van der Waals surface area contributed by atoms with Crippen molar-refractivity contribution in [1.29, 1.82) is 0 Å². The summed E-state index contributed by atoms with van der Waals surface area (Å²) >= 11 is 0. The molecule has 0 aromatic heterocycles. The lowest BCUT2D eigenvalue weighted by Gasteiger charge is -2.44. The highest BCUT2D eigenvalue weighted by Gasteiger charge is 2.67. The maximum atomic E-state index is 14.1. The van der Waals surface area contributed by atoms with E-state index in [0.717, 1.165) is 38.0 Å². The number of fused-ring (bicyclic) bond motifs is 3. The summed E-state index contributed by atoms with van der Waals surface area (Å²) in [6, 6.07) is 26.4. The zero-order valence-corrected chi connectivity index (χ0v) is 24.1. The number of carbonyl (C=O) groups is 2. The van der Waals surface area contributed by atoms with Crippen molar-refractivity contribution < 1.29 is 29.3 Å². The van der Waals surface area contributed by atoms with Crippen molar-refractivity contribution in [3.63, 3.8) is 0 Å². The van der Waals surface area contributed by atoms with Crippen LogP contribution < -0.4 is 4.74 Å². The van der Waals surface area contributed by atoms with Gasteiger partial charge in [0.15, 0.2) is 5.79 Å². The molecule has 0 bridgehead atoms. The second-order valence-electron chi connectivity index (χ2n) is 12.5. The number of rotatable bonds is 7. The lowest BCUT2D eigenvalue weighted by molar-refractivity contribution is -0.272. The molecule has 3 aliphatic heterocycles. The first-order chi connectivity index (χ1) is 20.9. The Kier molecular flexibility index (Phi) is 7.45. The molecule has 3 aromatic rings. The first-order valence-electron chi connectivity index (χ1n) is 15.4. The minimum absolute atomic E-state index is 0.114. The van der Waals surface area contributed by atoms with Gasteiger partial charge in [-0.25, -0.2) is 0 Å². The number of amides is 2. The summed E-state index contributed by atoms with van der Waals surface area (Å²) in [7, 11) is 0. The van der Waals surface area contributed by atoms with E-state index in [1.807, 2.05) is 48.5 Å². The predicted molar refractivity (Wildman–Crippen MR) is 159 cm³/mol. The molecule has 6 atom stereocenters. The summed E-state index contributed by atoms with van der Waals surface area (Å²) < 4.78 is 12.5. The van der Waals surface area contributed by atoms with Crippen LogP contribution in [0.4, 0.5) is 0 Å². The summed E-state index contributed by atoms with van der Waals surface area (Å²) in [5.74, 6) is -3.26.